The summed E-state index contributed by atoms with van der Waals surface area (Å²) in [7, 11) is 0. The first-order valence-corrected chi connectivity index (χ1v) is 12.0. The van der Waals surface area contributed by atoms with Gasteiger partial charge in [0.2, 0.25) is 0 Å². The number of benzene rings is 2. The normalized spacial score (nSPS) is 23.9. The highest BCUT2D eigenvalue weighted by atomic mass is 35.5. The second-order valence-electron chi connectivity index (χ2n) is 9.69. The van der Waals surface area contributed by atoms with Gasteiger partial charge in [0.25, 0.3) is 5.56 Å². The van der Waals surface area contributed by atoms with Gasteiger partial charge in [-0.25, -0.2) is 0 Å². The summed E-state index contributed by atoms with van der Waals surface area (Å²) in [4.78, 5) is 17.7. The highest BCUT2D eigenvalue weighted by Gasteiger charge is 2.46. The molecule has 3 aliphatic rings. The van der Waals surface area contributed by atoms with E-state index in [0.29, 0.717) is 22.2 Å². The van der Waals surface area contributed by atoms with E-state index in [-0.39, 0.29) is 17.6 Å². The van der Waals surface area contributed by atoms with Gasteiger partial charge in [-0.15, -0.1) is 0 Å². The monoisotopic (exact) mass is 434 g/mol. The van der Waals surface area contributed by atoms with E-state index in [4.69, 9.17) is 11.6 Å². The minimum atomic E-state index is -0.216. The number of nitrogens with zero attached hydrogens (tertiary/aromatic N) is 2. The zero-order valence-corrected chi connectivity index (χ0v) is 18.4. The summed E-state index contributed by atoms with van der Waals surface area (Å²) in [6, 6.07) is 12.6. The molecule has 2 saturated carbocycles. The number of halogens is 1. The first kappa shape index (κ1) is 19.5. The van der Waals surface area contributed by atoms with Crippen molar-refractivity contribution >= 4 is 22.5 Å². The van der Waals surface area contributed by atoms with Crippen molar-refractivity contribution < 1.29 is 5.11 Å². The van der Waals surface area contributed by atoms with Gasteiger partial charge in [0, 0.05) is 6.61 Å². The molecule has 0 amide bonds. The van der Waals surface area contributed by atoms with E-state index in [0.717, 1.165) is 62.0 Å². The maximum atomic E-state index is 13.0. The van der Waals surface area contributed by atoms with Crippen LogP contribution < -0.4 is 5.56 Å². The lowest BCUT2D eigenvalue weighted by atomic mass is 9.69. The molecule has 2 atom stereocenters. The van der Waals surface area contributed by atoms with Crippen molar-refractivity contribution in [3.63, 3.8) is 0 Å². The first-order valence-electron chi connectivity index (χ1n) is 11.6. The zero-order valence-electron chi connectivity index (χ0n) is 17.6. The minimum Gasteiger partial charge on any atom is -0.396 e. The molecule has 2 aliphatic carbocycles. The van der Waals surface area contributed by atoms with E-state index in [2.05, 4.69) is 27.8 Å². The Morgan fingerprint density at radius 3 is 2.74 bits per heavy atom. The molecule has 2 unspecified atom stereocenters. The smallest absolute Gasteiger partial charge is 0.282 e. The number of hydrogen-bond donors (Lipinski definition) is 1. The molecule has 3 aromatic rings. The minimum absolute atomic E-state index is 0.186. The number of rotatable bonds is 2. The summed E-state index contributed by atoms with van der Waals surface area (Å²) >= 11 is 6.43. The van der Waals surface area contributed by atoms with Crippen molar-refractivity contribution in [2.75, 3.05) is 6.61 Å². The fourth-order valence-corrected chi connectivity index (χ4v) is 6.74. The summed E-state index contributed by atoms with van der Waals surface area (Å²) < 4.78 is 2.21. The van der Waals surface area contributed by atoms with Gasteiger partial charge in [0.15, 0.2) is 0 Å². The van der Waals surface area contributed by atoms with Crippen LogP contribution in [0, 0.1) is 5.92 Å². The Hall–Kier alpha value is -2.17. The summed E-state index contributed by atoms with van der Waals surface area (Å²) in [5.41, 5.74) is 4.31. The first-order chi connectivity index (χ1) is 15.1. The number of aliphatic hydroxyl groups is 1. The van der Waals surface area contributed by atoms with E-state index in [1.807, 2.05) is 12.1 Å². The third kappa shape index (κ3) is 2.77. The summed E-state index contributed by atoms with van der Waals surface area (Å²) in [6.07, 6.45) is 8.91. The van der Waals surface area contributed by atoms with Gasteiger partial charge < -0.3 is 5.11 Å². The molecule has 2 fully saturated rings. The van der Waals surface area contributed by atoms with E-state index in [1.165, 1.54) is 17.5 Å². The molecular weight excluding hydrogens is 408 g/mol. The van der Waals surface area contributed by atoms with E-state index >= 15 is 0 Å². The maximum absolute atomic E-state index is 13.0. The quantitative estimate of drug-likeness (QED) is 0.581. The molecule has 0 bridgehead atoms. The lowest BCUT2D eigenvalue weighted by Crippen LogP contribution is -2.32. The molecule has 31 heavy (non-hydrogen) atoms. The van der Waals surface area contributed by atoms with Crippen LogP contribution >= 0.6 is 11.6 Å². The van der Waals surface area contributed by atoms with Gasteiger partial charge in [0.1, 0.15) is 5.82 Å². The number of fused-ring (bicyclic) bond motifs is 7. The standard InChI is InChI=1S/C26H27ClN2O2/c27-20-5-4-6-22-23(20)24(31)28-25-26(11-2-1-3-12-26)19-14-18(9-10-21(19)29(22)25)17-8-7-16(13-17)15-30/h4-6,9-10,14,16-17,30H,1-3,7-8,11-13,15H2. The number of aliphatic hydroxyl groups excluding tert-OH is 1. The Kier molecular flexibility index (Phi) is 4.52. The molecule has 6 rings (SSSR count). The average Bonchev–Trinajstić information content (AvgIpc) is 3.37. The summed E-state index contributed by atoms with van der Waals surface area (Å²) in [5, 5.41) is 10.6. The molecular formula is C26H27ClN2O2. The second-order valence-corrected chi connectivity index (χ2v) is 10.1. The molecule has 1 N–H and O–H groups in total. The van der Waals surface area contributed by atoms with Crippen LogP contribution in [0.4, 0.5) is 0 Å². The van der Waals surface area contributed by atoms with Gasteiger partial charge in [0.05, 0.1) is 27.0 Å². The molecule has 2 heterocycles. The van der Waals surface area contributed by atoms with E-state index < -0.39 is 0 Å². The molecule has 1 spiro atoms. The van der Waals surface area contributed by atoms with Crippen molar-refractivity contribution in [1.82, 2.24) is 9.55 Å². The van der Waals surface area contributed by atoms with Crippen LogP contribution in [0.25, 0.3) is 16.6 Å². The molecule has 0 radical (unpaired) electrons. The van der Waals surface area contributed by atoms with Crippen molar-refractivity contribution in [3.8, 4) is 5.69 Å². The largest absolute Gasteiger partial charge is 0.396 e. The number of aromatic nitrogens is 2. The molecule has 5 heteroatoms. The van der Waals surface area contributed by atoms with Crippen LogP contribution in [-0.2, 0) is 5.41 Å². The van der Waals surface area contributed by atoms with Gasteiger partial charge in [-0.3, -0.25) is 9.36 Å². The van der Waals surface area contributed by atoms with E-state index in [9.17, 15) is 9.90 Å². The van der Waals surface area contributed by atoms with Crippen molar-refractivity contribution in [2.24, 2.45) is 5.92 Å². The summed E-state index contributed by atoms with van der Waals surface area (Å²) in [6.45, 7) is 0.287. The Bertz CT molecular complexity index is 1240. The zero-order chi connectivity index (χ0) is 21.2. The van der Waals surface area contributed by atoms with Gasteiger partial charge in [-0.2, -0.15) is 4.98 Å². The highest BCUT2D eigenvalue weighted by molar-refractivity contribution is 6.35. The topological polar surface area (TPSA) is 55.1 Å². The lowest BCUT2D eigenvalue weighted by molar-refractivity contribution is 0.229. The molecule has 0 saturated heterocycles. The Balaban J connectivity index is 1.60. The molecule has 2 aromatic carbocycles. The van der Waals surface area contributed by atoms with Crippen molar-refractivity contribution in [1.29, 1.82) is 0 Å². The third-order valence-electron chi connectivity index (χ3n) is 8.05. The van der Waals surface area contributed by atoms with Gasteiger partial charge in [-0.05, 0) is 73.3 Å². The van der Waals surface area contributed by atoms with Crippen LogP contribution in [0.2, 0.25) is 5.02 Å². The predicted molar refractivity (Wildman–Crippen MR) is 123 cm³/mol. The maximum Gasteiger partial charge on any atom is 0.282 e. The van der Waals surface area contributed by atoms with Crippen molar-refractivity contribution in [2.45, 2.75) is 62.7 Å². The van der Waals surface area contributed by atoms with Crippen LogP contribution in [0.5, 0.6) is 0 Å². The van der Waals surface area contributed by atoms with Gasteiger partial charge in [-0.1, -0.05) is 49.1 Å². The SMILES string of the molecule is O=c1nc2n(c3cccc(Cl)c13)-c1ccc(C3CCC(CO)C3)cc1C21CCCCC1. The van der Waals surface area contributed by atoms with Crippen LogP contribution in [0.3, 0.4) is 0 Å². The fourth-order valence-electron chi connectivity index (χ4n) is 6.49. The molecule has 1 aromatic heterocycles. The van der Waals surface area contributed by atoms with Crippen molar-refractivity contribution in [3.05, 3.63) is 68.7 Å². The fraction of sp³-hybridized carbons (Fsp3) is 0.462. The third-order valence-corrected chi connectivity index (χ3v) is 8.36. The van der Waals surface area contributed by atoms with Gasteiger partial charge >= 0.3 is 0 Å². The van der Waals surface area contributed by atoms with E-state index in [1.54, 1.807) is 6.07 Å². The van der Waals surface area contributed by atoms with Crippen LogP contribution in [-0.4, -0.2) is 21.3 Å². The highest BCUT2D eigenvalue weighted by Crippen LogP contribution is 2.52. The van der Waals surface area contributed by atoms with Crippen LogP contribution in [0.15, 0.2) is 41.2 Å². The number of hydrogen-bond acceptors (Lipinski definition) is 3. The Labute approximate surface area is 186 Å². The Morgan fingerprint density at radius 2 is 1.97 bits per heavy atom. The second kappa shape index (κ2) is 7.18. The molecule has 4 nitrogen and oxygen atoms in total. The summed E-state index contributed by atoms with van der Waals surface area (Å²) in [5.74, 6) is 1.83. The molecule has 1 aliphatic heterocycles. The predicted octanol–water partition coefficient (Wildman–Crippen LogP) is 5.48. The lowest BCUT2D eigenvalue weighted by Gasteiger charge is -2.34. The Morgan fingerprint density at radius 1 is 1.13 bits per heavy atom. The average molecular weight is 435 g/mol. The van der Waals surface area contributed by atoms with Crippen LogP contribution in [0.1, 0.15) is 74.2 Å². The molecule has 160 valence electrons.